The zero-order chi connectivity index (χ0) is 20.3. The van der Waals surface area contributed by atoms with Gasteiger partial charge in [-0.15, -0.1) is 0 Å². The molecular formula is C21H18F3N5. The van der Waals surface area contributed by atoms with Gasteiger partial charge in [-0.3, -0.25) is 4.68 Å². The zero-order valence-corrected chi connectivity index (χ0v) is 15.9. The van der Waals surface area contributed by atoms with E-state index in [1.807, 2.05) is 30.3 Å². The van der Waals surface area contributed by atoms with Crippen molar-refractivity contribution in [1.29, 1.82) is 0 Å². The highest BCUT2D eigenvalue weighted by molar-refractivity contribution is 5.88. The van der Waals surface area contributed by atoms with Gasteiger partial charge in [0.05, 0.1) is 33.7 Å². The molecule has 29 heavy (non-hydrogen) atoms. The van der Waals surface area contributed by atoms with Gasteiger partial charge in [-0.05, 0) is 38.0 Å². The summed E-state index contributed by atoms with van der Waals surface area (Å²) >= 11 is 0. The van der Waals surface area contributed by atoms with E-state index in [-0.39, 0.29) is 22.6 Å². The van der Waals surface area contributed by atoms with E-state index in [9.17, 15) is 13.2 Å². The Hall–Kier alpha value is -3.16. The van der Waals surface area contributed by atoms with Crippen LogP contribution in [0.25, 0.3) is 28.0 Å². The molecule has 5 rings (SSSR count). The van der Waals surface area contributed by atoms with E-state index < -0.39 is 11.7 Å². The number of fused-ring (bicyclic) bond motifs is 1. The third kappa shape index (κ3) is 2.99. The van der Waals surface area contributed by atoms with Gasteiger partial charge in [0.2, 0.25) is 0 Å². The topological polar surface area (TPSA) is 48.5 Å². The highest BCUT2D eigenvalue weighted by Crippen LogP contribution is 2.47. The number of alkyl halides is 3. The van der Waals surface area contributed by atoms with Crippen molar-refractivity contribution >= 4 is 11.0 Å². The molecule has 1 aromatic carbocycles. The first-order valence-corrected chi connectivity index (χ1v) is 9.40. The molecule has 4 aromatic rings. The summed E-state index contributed by atoms with van der Waals surface area (Å²) in [5, 5.41) is 8.95. The van der Waals surface area contributed by atoms with E-state index in [4.69, 9.17) is 0 Å². The highest BCUT2D eigenvalue weighted by Gasteiger charge is 2.39. The molecule has 0 radical (unpaired) electrons. The van der Waals surface area contributed by atoms with E-state index >= 15 is 0 Å². The molecule has 3 aromatic heterocycles. The molecule has 0 N–H and O–H groups in total. The fraction of sp³-hybridized carbons (Fsp3) is 0.286. The monoisotopic (exact) mass is 397 g/mol. The van der Waals surface area contributed by atoms with Crippen LogP contribution in [0.4, 0.5) is 13.2 Å². The number of aryl methyl sites for hydroxylation is 2. The van der Waals surface area contributed by atoms with E-state index in [0.717, 1.165) is 18.9 Å². The first-order chi connectivity index (χ1) is 13.8. The van der Waals surface area contributed by atoms with Crippen LogP contribution in [0.2, 0.25) is 0 Å². The predicted molar refractivity (Wildman–Crippen MR) is 103 cm³/mol. The second kappa shape index (κ2) is 6.17. The average Bonchev–Trinajstić information content (AvgIpc) is 3.37. The van der Waals surface area contributed by atoms with Gasteiger partial charge in [-0.25, -0.2) is 9.67 Å². The molecule has 0 spiro atoms. The molecule has 5 nitrogen and oxygen atoms in total. The Morgan fingerprint density at radius 3 is 2.38 bits per heavy atom. The third-order valence-corrected chi connectivity index (χ3v) is 5.22. The number of pyridine rings is 1. The van der Waals surface area contributed by atoms with Crippen molar-refractivity contribution in [2.45, 2.75) is 31.9 Å². The smallest absolute Gasteiger partial charge is 0.275 e. The van der Waals surface area contributed by atoms with Gasteiger partial charge in [0.15, 0.2) is 5.65 Å². The van der Waals surface area contributed by atoms with Crippen LogP contribution in [0.15, 0.2) is 42.6 Å². The van der Waals surface area contributed by atoms with Gasteiger partial charge in [-0.2, -0.15) is 23.4 Å². The maximum Gasteiger partial charge on any atom is 0.417 e. The molecule has 1 aliphatic carbocycles. The molecule has 148 valence electrons. The van der Waals surface area contributed by atoms with Crippen molar-refractivity contribution in [3.63, 3.8) is 0 Å². The minimum atomic E-state index is -4.51. The Balaban J connectivity index is 1.87. The summed E-state index contributed by atoms with van der Waals surface area (Å²) in [6.45, 7) is 1.76. The molecule has 8 heteroatoms. The Kier molecular flexibility index (Phi) is 3.81. The Morgan fingerprint density at radius 2 is 1.79 bits per heavy atom. The van der Waals surface area contributed by atoms with Crippen LogP contribution in [0.3, 0.4) is 0 Å². The Morgan fingerprint density at radius 1 is 1.07 bits per heavy atom. The summed E-state index contributed by atoms with van der Waals surface area (Å²) in [6.07, 6.45) is -1.13. The van der Waals surface area contributed by atoms with Crippen molar-refractivity contribution in [3.8, 4) is 16.9 Å². The number of halogens is 3. The van der Waals surface area contributed by atoms with Gasteiger partial charge in [-0.1, -0.05) is 18.2 Å². The predicted octanol–water partition coefficient (Wildman–Crippen LogP) is 5.03. The average molecular weight is 397 g/mol. The summed E-state index contributed by atoms with van der Waals surface area (Å²) in [6, 6.07) is 10.3. The zero-order valence-electron chi connectivity index (χ0n) is 15.9. The fourth-order valence-electron chi connectivity index (χ4n) is 3.75. The minimum Gasteiger partial charge on any atom is -0.275 e. The molecule has 0 unspecified atom stereocenters. The van der Waals surface area contributed by atoms with Gasteiger partial charge in [0.1, 0.15) is 0 Å². The largest absolute Gasteiger partial charge is 0.417 e. The van der Waals surface area contributed by atoms with Crippen LogP contribution in [0.5, 0.6) is 0 Å². The molecule has 0 aliphatic heterocycles. The quantitative estimate of drug-likeness (QED) is 0.487. The second-order valence-electron chi connectivity index (χ2n) is 7.46. The molecule has 0 amide bonds. The molecule has 0 bridgehead atoms. The number of para-hydroxylation sites is 1. The van der Waals surface area contributed by atoms with Crippen LogP contribution >= 0.6 is 0 Å². The molecule has 0 atom stereocenters. The molecule has 0 saturated heterocycles. The lowest BCUT2D eigenvalue weighted by Gasteiger charge is -2.12. The van der Waals surface area contributed by atoms with Crippen molar-refractivity contribution in [1.82, 2.24) is 24.5 Å². The first-order valence-electron chi connectivity index (χ1n) is 9.40. The second-order valence-corrected chi connectivity index (χ2v) is 7.46. The molecule has 1 fully saturated rings. The Bertz CT molecular complexity index is 1220. The van der Waals surface area contributed by atoms with Gasteiger partial charge in [0, 0.05) is 24.7 Å². The van der Waals surface area contributed by atoms with Gasteiger partial charge in [0.25, 0.3) is 0 Å². The van der Waals surface area contributed by atoms with E-state index in [1.165, 1.54) is 4.68 Å². The van der Waals surface area contributed by atoms with Crippen molar-refractivity contribution in [3.05, 3.63) is 59.5 Å². The molecular weight excluding hydrogens is 379 g/mol. The molecule has 3 heterocycles. The lowest BCUT2D eigenvalue weighted by Crippen LogP contribution is -2.08. The SMILES string of the molecule is Cc1nn(C)cc1-c1cc(C(F)(F)F)c2c(C3CC3)nn(-c3ccccc3)c2n1. The number of hydrogen-bond acceptors (Lipinski definition) is 3. The van der Waals surface area contributed by atoms with Crippen LogP contribution in [0, 0.1) is 6.92 Å². The van der Waals surface area contributed by atoms with Crippen LogP contribution in [-0.4, -0.2) is 24.5 Å². The van der Waals surface area contributed by atoms with Crippen LogP contribution < -0.4 is 0 Å². The van der Waals surface area contributed by atoms with Crippen LogP contribution in [-0.2, 0) is 13.2 Å². The lowest BCUT2D eigenvalue weighted by molar-refractivity contribution is -0.136. The van der Waals surface area contributed by atoms with Crippen molar-refractivity contribution in [2.24, 2.45) is 7.05 Å². The molecule has 1 aliphatic rings. The van der Waals surface area contributed by atoms with Crippen molar-refractivity contribution < 1.29 is 13.2 Å². The van der Waals surface area contributed by atoms with Crippen molar-refractivity contribution in [2.75, 3.05) is 0 Å². The summed E-state index contributed by atoms with van der Waals surface area (Å²) in [5.74, 6) is 0.0522. The summed E-state index contributed by atoms with van der Waals surface area (Å²) < 4.78 is 45.4. The van der Waals surface area contributed by atoms with Gasteiger partial charge < -0.3 is 0 Å². The number of rotatable bonds is 3. The van der Waals surface area contributed by atoms with E-state index in [0.29, 0.717) is 22.6 Å². The lowest BCUT2D eigenvalue weighted by atomic mass is 10.0. The standard InChI is InChI=1S/C21H18F3N5/c1-12-15(11-28(2)26-12)17-10-16(21(22,23)24)18-19(13-8-9-13)27-29(20(18)25-17)14-6-4-3-5-7-14/h3-7,10-11,13H,8-9H2,1-2H3. The summed E-state index contributed by atoms with van der Waals surface area (Å²) in [4.78, 5) is 4.65. The molecule has 1 saturated carbocycles. The third-order valence-electron chi connectivity index (χ3n) is 5.22. The fourth-order valence-corrected chi connectivity index (χ4v) is 3.75. The summed E-state index contributed by atoms with van der Waals surface area (Å²) in [5.41, 5.74) is 2.16. The maximum absolute atomic E-state index is 14.1. The maximum atomic E-state index is 14.1. The number of hydrogen-bond donors (Lipinski definition) is 0. The van der Waals surface area contributed by atoms with Gasteiger partial charge >= 0.3 is 6.18 Å². The van der Waals surface area contributed by atoms with Crippen LogP contribution in [0.1, 0.15) is 35.7 Å². The van der Waals surface area contributed by atoms with E-state index in [1.54, 1.807) is 24.9 Å². The number of aromatic nitrogens is 5. The highest BCUT2D eigenvalue weighted by atomic mass is 19.4. The first kappa shape index (κ1) is 17.9. The number of benzene rings is 1. The normalized spacial score (nSPS) is 14.7. The number of nitrogens with zero attached hydrogens (tertiary/aromatic N) is 5. The Labute approximate surface area is 164 Å². The summed E-state index contributed by atoms with van der Waals surface area (Å²) in [7, 11) is 1.74. The van der Waals surface area contributed by atoms with E-state index in [2.05, 4.69) is 15.2 Å². The minimum absolute atomic E-state index is 0.0522.